The van der Waals surface area contributed by atoms with E-state index in [1.807, 2.05) is 0 Å². The number of terminal acetylenes is 1. The van der Waals surface area contributed by atoms with Gasteiger partial charge in [0.2, 0.25) is 0 Å². The molecule has 0 aromatic rings. The second kappa shape index (κ2) is 4.05. The van der Waals surface area contributed by atoms with Crippen molar-refractivity contribution in [1.29, 1.82) is 5.26 Å². The third kappa shape index (κ3) is 2.52. The molecule has 0 radical (unpaired) electrons. The van der Waals surface area contributed by atoms with E-state index >= 15 is 0 Å². The lowest BCUT2D eigenvalue weighted by molar-refractivity contribution is 0.140. The Labute approximate surface area is 87.5 Å². The fourth-order valence-corrected chi connectivity index (χ4v) is 2.13. The molecule has 1 saturated carbocycles. The Morgan fingerprint density at radius 1 is 1.21 bits per heavy atom. The van der Waals surface area contributed by atoms with Crippen LogP contribution in [0.3, 0.4) is 0 Å². The van der Waals surface area contributed by atoms with Gasteiger partial charge in [0.15, 0.2) is 0 Å². The maximum Gasteiger partial charge on any atom is 0.0690 e. The normalized spacial score (nSPS) is 23.4. The lowest BCUT2D eigenvalue weighted by Crippen LogP contribution is -2.30. The predicted molar refractivity (Wildman–Crippen MR) is 58.4 cm³/mol. The lowest BCUT2D eigenvalue weighted by atomic mass is 9.64. The molecule has 1 aliphatic carbocycles. The second-order valence-corrected chi connectivity index (χ2v) is 5.26. The molecular formula is C13H19N. The van der Waals surface area contributed by atoms with Gasteiger partial charge in [0.1, 0.15) is 0 Å². The molecule has 0 heterocycles. The molecule has 0 amide bonds. The highest BCUT2D eigenvalue weighted by atomic mass is 14.4. The van der Waals surface area contributed by atoms with Crippen LogP contribution >= 0.6 is 0 Å². The summed E-state index contributed by atoms with van der Waals surface area (Å²) in [6.45, 7) is 4.57. The molecule has 1 aliphatic rings. The van der Waals surface area contributed by atoms with Gasteiger partial charge in [-0.1, -0.05) is 13.8 Å². The van der Waals surface area contributed by atoms with E-state index in [0.29, 0.717) is 5.41 Å². The molecule has 0 aromatic heterocycles. The summed E-state index contributed by atoms with van der Waals surface area (Å²) in [6, 6.07) is 2.49. The average Bonchev–Trinajstić information content (AvgIpc) is 2.18. The van der Waals surface area contributed by atoms with E-state index in [9.17, 15) is 5.26 Å². The molecule has 0 unspecified atom stereocenters. The van der Waals surface area contributed by atoms with Crippen molar-refractivity contribution in [2.24, 2.45) is 10.8 Å². The van der Waals surface area contributed by atoms with E-state index < -0.39 is 0 Å². The summed E-state index contributed by atoms with van der Waals surface area (Å²) >= 11 is 0. The van der Waals surface area contributed by atoms with Gasteiger partial charge in [-0.25, -0.2) is 0 Å². The molecular weight excluding hydrogens is 170 g/mol. The Hall–Kier alpha value is -0.950. The molecule has 0 spiro atoms. The van der Waals surface area contributed by atoms with Crippen molar-refractivity contribution in [3.63, 3.8) is 0 Å². The standard InChI is InChI=1S/C13H19N/c1-4-5-6-13(11-14)9-7-12(2,3)8-10-13/h1H,5-10H2,2-3H3. The number of nitrogens with zero attached hydrogens (tertiary/aromatic N) is 1. The van der Waals surface area contributed by atoms with E-state index in [1.54, 1.807) is 0 Å². The van der Waals surface area contributed by atoms with Crippen LogP contribution in [0, 0.1) is 34.5 Å². The first-order valence-corrected chi connectivity index (χ1v) is 5.38. The summed E-state index contributed by atoms with van der Waals surface area (Å²) in [5.41, 5.74) is 0.318. The molecule has 1 heteroatoms. The zero-order valence-electron chi connectivity index (χ0n) is 9.27. The Morgan fingerprint density at radius 2 is 1.79 bits per heavy atom. The molecule has 0 aromatic carbocycles. The van der Waals surface area contributed by atoms with Gasteiger partial charge in [-0.3, -0.25) is 0 Å². The summed E-state index contributed by atoms with van der Waals surface area (Å²) in [6.07, 6.45) is 11.2. The largest absolute Gasteiger partial charge is 0.198 e. The third-order valence-electron chi connectivity index (χ3n) is 3.55. The molecule has 14 heavy (non-hydrogen) atoms. The van der Waals surface area contributed by atoms with E-state index in [2.05, 4.69) is 25.8 Å². The zero-order chi connectivity index (χ0) is 10.7. The SMILES string of the molecule is C#CCCC1(C#N)CCC(C)(C)CC1. The highest BCUT2D eigenvalue weighted by molar-refractivity contribution is 5.04. The molecule has 0 saturated heterocycles. The van der Waals surface area contributed by atoms with E-state index in [1.165, 1.54) is 0 Å². The van der Waals surface area contributed by atoms with Gasteiger partial charge in [-0.15, -0.1) is 12.3 Å². The zero-order valence-corrected chi connectivity index (χ0v) is 9.27. The number of hydrogen-bond donors (Lipinski definition) is 0. The molecule has 76 valence electrons. The molecule has 0 bridgehead atoms. The second-order valence-electron chi connectivity index (χ2n) is 5.26. The Balaban J connectivity index is 2.59. The fraction of sp³-hybridized carbons (Fsp3) is 0.769. The Kier molecular flexibility index (Phi) is 3.22. The first-order chi connectivity index (χ1) is 6.54. The summed E-state index contributed by atoms with van der Waals surface area (Å²) in [5.74, 6) is 2.64. The summed E-state index contributed by atoms with van der Waals surface area (Å²) in [4.78, 5) is 0. The smallest absolute Gasteiger partial charge is 0.0690 e. The maximum absolute atomic E-state index is 9.22. The van der Waals surface area contributed by atoms with E-state index in [-0.39, 0.29) is 5.41 Å². The van der Waals surface area contributed by atoms with Crippen LogP contribution in [-0.2, 0) is 0 Å². The molecule has 0 atom stereocenters. The van der Waals surface area contributed by atoms with Crippen molar-refractivity contribution in [3.8, 4) is 18.4 Å². The van der Waals surface area contributed by atoms with Gasteiger partial charge < -0.3 is 0 Å². The van der Waals surface area contributed by atoms with Crippen molar-refractivity contribution in [2.75, 3.05) is 0 Å². The molecule has 0 aliphatic heterocycles. The highest BCUT2D eigenvalue weighted by Gasteiger charge is 2.37. The minimum absolute atomic E-state index is 0.109. The Morgan fingerprint density at radius 3 is 2.21 bits per heavy atom. The number of nitriles is 1. The van der Waals surface area contributed by atoms with Crippen LogP contribution in [0.4, 0.5) is 0 Å². The molecule has 0 N–H and O–H groups in total. The predicted octanol–water partition coefficient (Wildman–Crippen LogP) is 3.51. The average molecular weight is 189 g/mol. The van der Waals surface area contributed by atoms with Crippen LogP contribution in [-0.4, -0.2) is 0 Å². The van der Waals surface area contributed by atoms with Crippen LogP contribution in [0.25, 0.3) is 0 Å². The first-order valence-electron chi connectivity index (χ1n) is 5.38. The first kappa shape index (κ1) is 11.1. The van der Waals surface area contributed by atoms with Crippen LogP contribution in [0.1, 0.15) is 52.4 Å². The molecule has 1 fully saturated rings. The highest BCUT2D eigenvalue weighted by Crippen LogP contribution is 2.46. The van der Waals surface area contributed by atoms with Gasteiger partial charge in [0, 0.05) is 6.42 Å². The summed E-state index contributed by atoms with van der Waals surface area (Å²) in [7, 11) is 0. The van der Waals surface area contributed by atoms with Crippen LogP contribution < -0.4 is 0 Å². The quantitative estimate of drug-likeness (QED) is 0.610. The van der Waals surface area contributed by atoms with E-state index in [4.69, 9.17) is 6.42 Å². The van der Waals surface area contributed by atoms with Crippen molar-refractivity contribution in [2.45, 2.75) is 52.4 Å². The van der Waals surface area contributed by atoms with Crippen LogP contribution in [0.15, 0.2) is 0 Å². The Bertz CT molecular complexity index is 265. The van der Waals surface area contributed by atoms with Crippen molar-refractivity contribution < 1.29 is 0 Å². The fourth-order valence-electron chi connectivity index (χ4n) is 2.13. The molecule has 1 nitrogen and oxygen atoms in total. The van der Waals surface area contributed by atoms with Crippen LogP contribution in [0.2, 0.25) is 0 Å². The van der Waals surface area contributed by atoms with E-state index in [0.717, 1.165) is 38.5 Å². The van der Waals surface area contributed by atoms with Gasteiger partial charge in [-0.05, 0) is 37.5 Å². The minimum atomic E-state index is -0.109. The van der Waals surface area contributed by atoms with Crippen molar-refractivity contribution in [1.82, 2.24) is 0 Å². The number of hydrogen-bond acceptors (Lipinski definition) is 1. The van der Waals surface area contributed by atoms with Crippen LogP contribution in [0.5, 0.6) is 0 Å². The summed E-state index contributed by atoms with van der Waals surface area (Å²) < 4.78 is 0. The molecule has 1 rings (SSSR count). The van der Waals surface area contributed by atoms with Gasteiger partial charge in [0.25, 0.3) is 0 Å². The van der Waals surface area contributed by atoms with Crippen molar-refractivity contribution >= 4 is 0 Å². The minimum Gasteiger partial charge on any atom is -0.198 e. The summed E-state index contributed by atoms with van der Waals surface area (Å²) in [5, 5.41) is 9.22. The maximum atomic E-state index is 9.22. The van der Waals surface area contributed by atoms with Gasteiger partial charge in [0.05, 0.1) is 11.5 Å². The van der Waals surface area contributed by atoms with Gasteiger partial charge >= 0.3 is 0 Å². The topological polar surface area (TPSA) is 23.8 Å². The van der Waals surface area contributed by atoms with Crippen molar-refractivity contribution in [3.05, 3.63) is 0 Å². The third-order valence-corrected chi connectivity index (χ3v) is 3.55. The lowest BCUT2D eigenvalue weighted by Gasteiger charge is -2.39. The number of rotatable bonds is 2. The monoisotopic (exact) mass is 189 g/mol. The van der Waals surface area contributed by atoms with Gasteiger partial charge in [-0.2, -0.15) is 5.26 Å².